The summed E-state index contributed by atoms with van der Waals surface area (Å²) in [5.41, 5.74) is 3.45. The van der Waals surface area contributed by atoms with Gasteiger partial charge in [-0.2, -0.15) is 0 Å². The molecule has 2 nitrogen and oxygen atoms in total. The quantitative estimate of drug-likeness (QED) is 0.887. The largest absolute Gasteiger partial charge is 0.309 e. The van der Waals surface area contributed by atoms with E-state index >= 15 is 0 Å². The Bertz CT molecular complexity index is 469. The van der Waals surface area contributed by atoms with E-state index in [-0.39, 0.29) is 5.54 Å². The Hall–Kier alpha value is -0.860. The van der Waals surface area contributed by atoms with E-state index in [4.69, 9.17) is 0 Å². The number of hydrogen-bond donors (Lipinski definition) is 1. The van der Waals surface area contributed by atoms with Crippen molar-refractivity contribution in [1.29, 1.82) is 0 Å². The molecule has 0 atom stereocenters. The zero-order valence-electron chi connectivity index (χ0n) is 13.9. The smallest absolute Gasteiger partial charge is 0.0338 e. The van der Waals surface area contributed by atoms with Crippen LogP contribution in [-0.2, 0) is 6.54 Å². The molecule has 0 radical (unpaired) electrons. The van der Waals surface area contributed by atoms with Gasteiger partial charge < -0.3 is 5.32 Å². The SMILES string of the molecule is Cc1ccc(CN2CC(C)(C)NCC23CCCCC3)cc1. The molecular formula is C19H30N2. The number of nitrogens with zero attached hydrogens (tertiary/aromatic N) is 1. The highest BCUT2D eigenvalue weighted by atomic mass is 15.3. The van der Waals surface area contributed by atoms with Gasteiger partial charge in [0.1, 0.15) is 0 Å². The van der Waals surface area contributed by atoms with Crippen molar-refractivity contribution in [2.75, 3.05) is 13.1 Å². The van der Waals surface area contributed by atoms with Crippen molar-refractivity contribution in [3.05, 3.63) is 35.4 Å². The number of rotatable bonds is 2. The molecular weight excluding hydrogens is 256 g/mol. The first-order valence-electron chi connectivity index (χ1n) is 8.55. The van der Waals surface area contributed by atoms with E-state index in [0.29, 0.717) is 5.54 Å². The summed E-state index contributed by atoms with van der Waals surface area (Å²) in [5.74, 6) is 0. The van der Waals surface area contributed by atoms with Crippen molar-refractivity contribution in [3.63, 3.8) is 0 Å². The predicted octanol–water partition coefficient (Wildman–Crippen LogP) is 3.88. The zero-order valence-corrected chi connectivity index (χ0v) is 13.9. The number of aryl methyl sites for hydroxylation is 1. The fourth-order valence-electron chi connectivity index (χ4n) is 4.06. The Morgan fingerprint density at radius 1 is 1.05 bits per heavy atom. The van der Waals surface area contributed by atoms with Crippen LogP contribution >= 0.6 is 0 Å². The number of benzene rings is 1. The van der Waals surface area contributed by atoms with Crippen LogP contribution < -0.4 is 5.32 Å². The summed E-state index contributed by atoms with van der Waals surface area (Å²) in [6, 6.07) is 9.11. The lowest BCUT2D eigenvalue weighted by molar-refractivity contribution is -0.0161. The van der Waals surface area contributed by atoms with E-state index in [9.17, 15) is 0 Å². The zero-order chi connectivity index (χ0) is 14.9. The number of nitrogens with one attached hydrogen (secondary N) is 1. The van der Waals surface area contributed by atoms with E-state index in [1.165, 1.54) is 43.2 Å². The van der Waals surface area contributed by atoms with Gasteiger partial charge in [-0.3, -0.25) is 4.90 Å². The Kier molecular flexibility index (Phi) is 4.11. The molecule has 0 amide bonds. The van der Waals surface area contributed by atoms with Gasteiger partial charge in [-0.15, -0.1) is 0 Å². The molecule has 21 heavy (non-hydrogen) atoms. The lowest BCUT2D eigenvalue weighted by Gasteiger charge is -2.54. The fourth-order valence-corrected chi connectivity index (χ4v) is 4.06. The molecule has 1 aliphatic heterocycles. The summed E-state index contributed by atoms with van der Waals surface area (Å²) in [6.07, 6.45) is 6.94. The average Bonchev–Trinajstić information content (AvgIpc) is 2.47. The van der Waals surface area contributed by atoms with Gasteiger partial charge in [0.2, 0.25) is 0 Å². The molecule has 1 aliphatic carbocycles. The molecule has 3 rings (SSSR count). The standard InChI is InChI=1S/C19H30N2/c1-16-7-9-17(10-8-16)13-21-15-18(2,3)20-14-19(21)11-5-4-6-12-19/h7-10,20H,4-6,11-15H2,1-3H3. The van der Waals surface area contributed by atoms with Gasteiger partial charge in [0.05, 0.1) is 0 Å². The summed E-state index contributed by atoms with van der Waals surface area (Å²) in [5, 5.41) is 3.80. The van der Waals surface area contributed by atoms with Gasteiger partial charge in [-0.25, -0.2) is 0 Å². The number of piperazine rings is 1. The third-order valence-electron chi connectivity index (χ3n) is 5.43. The van der Waals surface area contributed by atoms with Crippen molar-refractivity contribution in [2.24, 2.45) is 0 Å². The minimum Gasteiger partial charge on any atom is -0.309 e. The predicted molar refractivity (Wildman–Crippen MR) is 89.5 cm³/mol. The molecule has 2 fully saturated rings. The molecule has 0 unspecified atom stereocenters. The van der Waals surface area contributed by atoms with Gasteiger partial charge in [-0.05, 0) is 39.2 Å². The molecule has 0 aromatic heterocycles. The molecule has 1 aromatic rings. The topological polar surface area (TPSA) is 15.3 Å². The molecule has 1 saturated carbocycles. The molecule has 2 aliphatic rings. The van der Waals surface area contributed by atoms with Gasteiger partial charge >= 0.3 is 0 Å². The third-order valence-corrected chi connectivity index (χ3v) is 5.43. The van der Waals surface area contributed by atoms with Crippen LogP contribution in [0.5, 0.6) is 0 Å². The summed E-state index contributed by atoms with van der Waals surface area (Å²) in [7, 11) is 0. The average molecular weight is 286 g/mol. The minimum absolute atomic E-state index is 0.230. The molecule has 1 spiro atoms. The normalized spacial score (nSPS) is 25.1. The summed E-state index contributed by atoms with van der Waals surface area (Å²) >= 11 is 0. The van der Waals surface area contributed by atoms with Crippen LogP contribution in [0.4, 0.5) is 0 Å². The summed E-state index contributed by atoms with van der Waals surface area (Å²) in [4.78, 5) is 2.79. The highest BCUT2D eigenvalue weighted by Crippen LogP contribution is 2.37. The fraction of sp³-hybridized carbons (Fsp3) is 0.684. The third kappa shape index (κ3) is 3.32. The van der Waals surface area contributed by atoms with Crippen LogP contribution in [0, 0.1) is 6.92 Å². The molecule has 1 aromatic carbocycles. The Morgan fingerprint density at radius 3 is 2.38 bits per heavy atom. The Labute approximate surface area is 129 Å². The molecule has 2 heteroatoms. The van der Waals surface area contributed by atoms with E-state index in [1.807, 2.05) is 0 Å². The van der Waals surface area contributed by atoms with Gasteiger partial charge in [0, 0.05) is 30.7 Å². The van der Waals surface area contributed by atoms with Gasteiger partial charge in [0.25, 0.3) is 0 Å². The van der Waals surface area contributed by atoms with Crippen molar-refractivity contribution in [1.82, 2.24) is 10.2 Å². The van der Waals surface area contributed by atoms with Gasteiger partial charge in [0.15, 0.2) is 0 Å². The Morgan fingerprint density at radius 2 is 1.71 bits per heavy atom. The van der Waals surface area contributed by atoms with E-state index in [1.54, 1.807) is 0 Å². The van der Waals surface area contributed by atoms with Crippen molar-refractivity contribution in [3.8, 4) is 0 Å². The van der Waals surface area contributed by atoms with E-state index < -0.39 is 0 Å². The molecule has 0 bridgehead atoms. The van der Waals surface area contributed by atoms with Crippen LogP contribution in [0.2, 0.25) is 0 Å². The monoisotopic (exact) mass is 286 g/mol. The lowest BCUT2D eigenvalue weighted by atomic mass is 9.76. The molecule has 116 valence electrons. The maximum Gasteiger partial charge on any atom is 0.0338 e. The lowest BCUT2D eigenvalue weighted by Crippen LogP contribution is -2.68. The first-order chi connectivity index (χ1) is 9.99. The maximum atomic E-state index is 3.80. The first-order valence-corrected chi connectivity index (χ1v) is 8.55. The highest BCUT2D eigenvalue weighted by molar-refractivity contribution is 5.22. The highest BCUT2D eigenvalue weighted by Gasteiger charge is 2.44. The molecule has 1 saturated heterocycles. The van der Waals surface area contributed by atoms with Crippen molar-refractivity contribution < 1.29 is 0 Å². The number of hydrogen-bond acceptors (Lipinski definition) is 2. The summed E-state index contributed by atoms with van der Waals surface area (Å²) < 4.78 is 0. The van der Waals surface area contributed by atoms with Crippen molar-refractivity contribution in [2.45, 2.75) is 70.5 Å². The summed E-state index contributed by atoms with van der Waals surface area (Å²) in [6.45, 7) is 10.3. The van der Waals surface area contributed by atoms with Crippen LogP contribution in [-0.4, -0.2) is 29.1 Å². The van der Waals surface area contributed by atoms with Crippen LogP contribution in [0.25, 0.3) is 0 Å². The van der Waals surface area contributed by atoms with E-state index in [2.05, 4.69) is 55.3 Å². The van der Waals surface area contributed by atoms with Gasteiger partial charge in [-0.1, -0.05) is 49.1 Å². The second kappa shape index (κ2) is 5.73. The van der Waals surface area contributed by atoms with Crippen LogP contribution in [0.1, 0.15) is 57.1 Å². The minimum atomic E-state index is 0.230. The Balaban J connectivity index is 1.81. The second-order valence-corrected chi connectivity index (χ2v) is 7.86. The van der Waals surface area contributed by atoms with Crippen molar-refractivity contribution >= 4 is 0 Å². The first kappa shape index (κ1) is 15.1. The molecule has 1 heterocycles. The molecule has 1 N–H and O–H groups in total. The van der Waals surface area contributed by atoms with Crippen LogP contribution in [0.15, 0.2) is 24.3 Å². The maximum absolute atomic E-state index is 3.80. The second-order valence-electron chi connectivity index (χ2n) is 7.86. The van der Waals surface area contributed by atoms with E-state index in [0.717, 1.165) is 19.6 Å². The van der Waals surface area contributed by atoms with Crippen LogP contribution in [0.3, 0.4) is 0 Å².